The summed E-state index contributed by atoms with van der Waals surface area (Å²) in [5.41, 5.74) is 0.597. The number of pyridine rings is 1. The monoisotopic (exact) mass is 548 g/mol. The SMILES string of the molecule is COc1cc2nn([C@H]3CC[C@H](N(C)C(=O)[C@@H](C)O)CC3)cc2cc1C(=O)Nc1cccn(-c2cnn(C)n2)c1=O. The summed E-state index contributed by atoms with van der Waals surface area (Å²) in [5.74, 6) is -0.0891. The molecule has 2 amide bonds. The number of nitrogens with zero attached hydrogens (tertiary/aromatic N) is 7. The van der Waals surface area contributed by atoms with E-state index in [4.69, 9.17) is 9.84 Å². The van der Waals surface area contributed by atoms with Crippen molar-refractivity contribution < 1.29 is 19.4 Å². The Morgan fingerprint density at radius 1 is 1.20 bits per heavy atom. The Morgan fingerprint density at radius 2 is 1.95 bits per heavy atom. The van der Waals surface area contributed by atoms with E-state index in [0.717, 1.165) is 31.1 Å². The molecule has 3 aromatic heterocycles. The maximum atomic E-state index is 13.3. The second-order valence-corrected chi connectivity index (χ2v) is 10.1. The Morgan fingerprint density at radius 3 is 2.60 bits per heavy atom. The summed E-state index contributed by atoms with van der Waals surface area (Å²) in [6.45, 7) is 1.48. The number of benzene rings is 1. The van der Waals surface area contributed by atoms with E-state index in [0.29, 0.717) is 17.1 Å². The number of amides is 2. The van der Waals surface area contributed by atoms with Gasteiger partial charge in [0, 0.05) is 44.0 Å². The first-order valence-corrected chi connectivity index (χ1v) is 13.1. The van der Waals surface area contributed by atoms with Gasteiger partial charge in [-0.3, -0.25) is 23.6 Å². The van der Waals surface area contributed by atoms with Crippen LogP contribution in [0.25, 0.3) is 16.7 Å². The van der Waals surface area contributed by atoms with Crippen LogP contribution >= 0.6 is 0 Å². The highest BCUT2D eigenvalue weighted by atomic mass is 16.5. The predicted molar refractivity (Wildman–Crippen MR) is 147 cm³/mol. The van der Waals surface area contributed by atoms with Crippen LogP contribution in [0.1, 0.15) is 49.0 Å². The van der Waals surface area contributed by atoms with Gasteiger partial charge in [-0.2, -0.15) is 15.0 Å². The number of aliphatic hydroxyl groups is 1. The average Bonchev–Trinajstić information content (AvgIpc) is 3.58. The second-order valence-electron chi connectivity index (χ2n) is 10.1. The number of methoxy groups -OCH3 is 1. The number of likely N-dealkylation sites (N-methyl/N-ethyl adjacent to an activating group) is 1. The lowest BCUT2D eigenvalue weighted by Gasteiger charge is -2.35. The van der Waals surface area contributed by atoms with Crippen LogP contribution in [0.3, 0.4) is 0 Å². The number of anilines is 1. The lowest BCUT2D eigenvalue weighted by Crippen LogP contribution is -2.43. The van der Waals surface area contributed by atoms with E-state index >= 15 is 0 Å². The zero-order valence-corrected chi connectivity index (χ0v) is 22.8. The normalized spacial score (nSPS) is 17.9. The van der Waals surface area contributed by atoms with Crippen LogP contribution < -0.4 is 15.6 Å². The summed E-state index contributed by atoms with van der Waals surface area (Å²) in [6, 6.07) is 6.81. The standard InChI is InChI=1S/C27H32N8O5/c1-16(36)26(38)32(2)18-7-9-19(10-8-18)35-15-17-12-20(23(40-4)13-22(17)30-35)25(37)29-21-6-5-11-34(27(21)39)24-14-28-33(3)31-24/h5-6,11-16,18-19,36H,7-10H2,1-4H3,(H,29,37)/t16-,18-,19-/m1/s1. The highest BCUT2D eigenvalue weighted by Crippen LogP contribution is 2.33. The second kappa shape index (κ2) is 10.9. The van der Waals surface area contributed by atoms with Gasteiger partial charge in [-0.25, -0.2) is 0 Å². The molecule has 1 aliphatic carbocycles. The largest absolute Gasteiger partial charge is 0.496 e. The van der Waals surface area contributed by atoms with Gasteiger partial charge in [0.05, 0.1) is 30.4 Å². The van der Waals surface area contributed by atoms with Gasteiger partial charge < -0.3 is 20.1 Å². The lowest BCUT2D eigenvalue weighted by atomic mass is 9.90. The van der Waals surface area contributed by atoms with Gasteiger partial charge >= 0.3 is 0 Å². The van der Waals surface area contributed by atoms with E-state index < -0.39 is 17.6 Å². The molecule has 13 heteroatoms. The molecule has 0 unspecified atom stereocenters. The molecule has 1 aromatic carbocycles. The molecular formula is C27H32N8O5. The summed E-state index contributed by atoms with van der Waals surface area (Å²) < 4.78 is 8.72. The fourth-order valence-electron chi connectivity index (χ4n) is 5.19. The first kappa shape index (κ1) is 27.1. The van der Waals surface area contributed by atoms with Crippen molar-refractivity contribution in [3.8, 4) is 11.6 Å². The van der Waals surface area contributed by atoms with Crippen molar-refractivity contribution in [1.82, 2.24) is 34.2 Å². The van der Waals surface area contributed by atoms with Crippen molar-refractivity contribution >= 4 is 28.4 Å². The molecule has 0 aliphatic heterocycles. The molecule has 1 aliphatic rings. The summed E-state index contributed by atoms with van der Waals surface area (Å²) in [6.07, 6.45) is 7.17. The third-order valence-electron chi connectivity index (χ3n) is 7.41. The number of ether oxygens (including phenoxy) is 1. The number of rotatable bonds is 7. The van der Waals surface area contributed by atoms with Gasteiger partial charge in [0.2, 0.25) is 0 Å². The molecule has 3 heterocycles. The average molecular weight is 549 g/mol. The minimum absolute atomic E-state index is 0.0789. The maximum absolute atomic E-state index is 13.3. The Bertz CT molecular complexity index is 1610. The van der Waals surface area contributed by atoms with Crippen LogP contribution in [0.4, 0.5) is 5.69 Å². The molecule has 0 bridgehead atoms. The van der Waals surface area contributed by atoms with E-state index in [1.54, 1.807) is 43.4 Å². The molecular weight excluding hydrogens is 516 g/mol. The maximum Gasteiger partial charge on any atom is 0.280 e. The van der Waals surface area contributed by atoms with E-state index in [1.165, 1.54) is 35.7 Å². The number of fused-ring (bicyclic) bond motifs is 1. The number of carbonyl (C=O) groups excluding carboxylic acids is 2. The van der Waals surface area contributed by atoms with Gasteiger partial charge in [0.25, 0.3) is 17.4 Å². The van der Waals surface area contributed by atoms with Crippen LogP contribution in [-0.2, 0) is 11.8 Å². The van der Waals surface area contributed by atoms with Crippen LogP contribution in [-0.4, -0.2) is 77.5 Å². The molecule has 1 atom stereocenters. The first-order chi connectivity index (χ1) is 19.2. The Balaban J connectivity index is 1.35. The van der Waals surface area contributed by atoms with Crippen molar-refractivity contribution in [2.45, 2.75) is 50.8 Å². The van der Waals surface area contributed by atoms with Crippen LogP contribution in [0.5, 0.6) is 5.75 Å². The van der Waals surface area contributed by atoms with Gasteiger partial charge in [0.1, 0.15) is 17.5 Å². The number of hydrogen-bond donors (Lipinski definition) is 2. The topological polar surface area (TPSA) is 149 Å². The lowest BCUT2D eigenvalue weighted by molar-refractivity contribution is -0.140. The summed E-state index contributed by atoms with van der Waals surface area (Å²) >= 11 is 0. The third kappa shape index (κ3) is 5.19. The van der Waals surface area contributed by atoms with Crippen molar-refractivity contribution in [3.63, 3.8) is 0 Å². The minimum atomic E-state index is -1.01. The number of nitrogens with one attached hydrogen (secondary N) is 1. The molecule has 210 valence electrons. The number of hydrogen-bond acceptors (Lipinski definition) is 8. The molecule has 1 saturated carbocycles. The van der Waals surface area contributed by atoms with Crippen molar-refractivity contribution in [2.24, 2.45) is 7.05 Å². The fraction of sp³-hybridized carbons (Fsp3) is 0.407. The highest BCUT2D eigenvalue weighted by molar-refractivity contribution is 6.08. The Hall–Kier alpha value is -4.52. The number of aliphatic hydroxyl groups excluding tert-OH is 1. The molecule has 13 nitrogen and oxygen atoms in total. The van der Waals surface area contributed by atoms with E-state index in [2.05, 4.69) is 15.5 Å². The Kier molecular flexibility index (Phi) is 7.39. The van der Waals surface area contributed by atoms with Crippen molar-refractivity contribution in [2.75, 3.05) is 19.5 Å². The molecule has 40 heavy (non-hydrogen) atoms. The van der Waals surface area contributed by atoms with Crippen molar-refractivity contribution in [1.29, 1.82) is 0 Å². The van der Waals surface area contributed by atoms with Gasteiger partial charge in [-0.05, 0) is 50.8 Å². The third-order valence-corrected chi connectivity index (χ3v) is 7.41. The molecule has 0 saturated heterocycles. The van der Waals surface area contributed by atoms with E-state index in [1.807, 2.05) is 10.9 Å². The summed E-state index contributed by atoms with van der Waals surface area (Å²) in [4.78, 5) is 41.5. The quantitative estimate of drug-likeness (QED) is 0.356. The van der Waals surface area contributed by atoms with E-state index in [9.17, 15) is 19.5 Å². The fourth-order valence-corrected chi connectivity index (χ4v) is 5.19. The molecule has 0 radical (unpaired) electrons. The summed E-state index contributed by atoms with van der Waals surface area (Å²) in [7, 11) is 4.86. The van der Waals surface area contributed by atoms with Gasteiger partial charge in [0.15, 0.2) is 5.82 Å². The van der Waals surface area contributed by atoms with Crippen LogP contribution in [0.2, 0.25) is 0 Å². The molecule has 5 rings (SSSR count). The predicted octanol–water partition coefficient (Wildman–Crippen LogP) is 1.90. The highest BCUT2D eigenvalue weighted by Gasteiger charge is 2.29. The number of carbonyl (C=O) groups is 2. The molecule has 0 spiro atoms. The van der Waals surface area contributed by atoms with Crippen LogP contribution in [0.15, 0.2) is 47.7 Å². The summed E-state index contributed by atoms with van der Waals surface area (Å²) in [5, 5.41) is 26.0. The zero-order chi connectivity index (χ0) is 28.6. The zero-order valence-electron chi connectivity index (χ0n) is 22.8. The minimum Gasteiger partial charge on any atom is -0.496 e. The number of aryl methyl sites for hydroxylation is 1. The van der Waals surface area contributed by atoms with Gasteiger partial charge in [-0.15, -0.1) is 5.10 Å². The van der Waals surface area contributed by atoms with E-state index in [-0.39, 0.29) is 29.2 Å². The smallest absolute Gasteiger partial charge is 0.280 e. The number of aromatic nitrogens is 6. The van der Waals surface area contributed by atoms with Gasteiger partial charge in [-0.1, -0.05) is 0 Å². The molecule has 2 N–H and O–H groups in total. The van der Waals surface area contributed by atoms with Crippen LogP contribution in [0, 0.1) is 0 Å². The first-order valence-electron chi connectivity index (χ1n) is 13.1. The Labute approximate surface area is 229 Å². The molecule has 4 aromatic rings. The molecule has 1 fully saturated rings. The van der Waals surface area contributed by atoms with Crippen molar-refractivity contribution in [3.05, 3.63) is 58.8 Å².